The van der Waals surface area contributed by atoms with Crippen LogP contribution in [0.3, 0.4) is 0 Å². The molecular weight excluding hydrogens is 305 g/mol. The van der Waals surface area contributed by atoms with E-state index in [0.717, 1.165) is 0 Å². The molecule has 1 atom stereocenters. The predicted octanol–water partition coefficient (Wildman–Crippen LogP) is 0.853. The minimum Gasteiger partial charge on any atom is -1.00 e. The summed E-state index contributed by atoms with van der Waals surface area (Å²) in [5.74, 6) is 0.338. The highest BCUT2D eigenvalue weighted by Gasteiger charge is 2.21. The van der Waals surface area contributed by atoms with Gasteiger partial charge in [-0.2, -0.15) is 0 Å². The summed E-state index contributed by atoms with van der Waals surface area (Å²) in [6.45, 7) is 7.51. The molecule has 4 heteroatoms. The van der Waals surface area contributed by atoms with E-state index in [0.29, 0.717) is 12.4 Å². The zero-order valence-corrected chi connectivity index (χ0v) is 15.9. The number of unbranched alkanes of at least 4 members (excludes halogenated alkanes) is 8. The van der Waals surface area contributed by atoms with Gasteiger partial charge in [-0.1, -0.05) is 58.3 Å². The molecule has 0 spiro atoms. The highest BCUT2D eigenvalue weighted by Crippen LogP contribution is 2.13. The fraction of sp³-hybridized carbons (Fsp3) is 1.00. The van der Waals surface area contributed by atoms with E-state index in [4.69, 9.17) is 11.6 Å². The summed E-state index contributed by atoms with van der Waals surface area (Å²) in [6, 6.07) is 0. The molecule has 1 unspecified atom stereocenters. The van der Waals surface area contributed by atoms with Gasteiger partial charge in [-0.05, 0) is 20.3 Å². The molecule has 130 valence electrons. The van der Waals surface area contributed by atoms with Gasteiger partial charge in [0.2, 0.25) is 0 Å². The maximum atomic E-state index is 9.49. The fourth-order valence-corrected chi connectivity index (χ4v) is 2.64. The highest BCUT2D eigenvalue weighted by molar-refractivity contribution is 6.18. The molecule has 0 aliphatic heterocycles. The molecule has 0 amide bonds. The third kappa shape index (κ3) is 16.7. The van der Waals surface area contributed by atoms with Gasteiger partial charge >= 0.3 is 0 Å². The lowest BCUT2D eigenvalue weighted by Crippen LogP contribution is -3.00. The van der Waals surface area contributed by atoms with Gasteiger partial charge < -0.3 is 22.8 Å². The van der Waals surface area contributed by atoms with Crippen molar-refractivity contribution in [1.29, 1.82) is 0 Å². The number of halogens is 2. The first-order valence-corrected chi connectivity index (χ1v) is 9.13. The largest absolute Gasteiger partial charge is 1.00 e. The van der Waals surface area contributed by atoms with Crippen LogP contribution in [0.25, 0.3) is 0 Å². The molecule has 0 heterocycles. The highest BCUT2D eigenvalue weighted by atomic mass is 35.5. The Morgan fingerprint density at radius 1 is 0.952 bits per heavy atom. The quantitative estimate of drug-likeness (QED) is 0.356. The van der Waals surface area contributed by atoms with Gasteiger partial charge in [0.15, 0.2) is 0 Å². The van der Waals surface area contributed by atoms with Crippen LogP contribution < -0.4 is 17.7 Å². The standard InChI is InChI=1S/C17H36ClNO.ClH/c1-4-5-6-7-8-9-10-11-12-13-17(2,3)19-15-16(20)14-18;/h16,19-20H,4-15H2,1-3H3;1H. The van der Waals surface area contributed by atoms with Crippen molar-refractivity contribution in [2.45, 2.75) is 96.6 Å². The molecule has 0 radical (unpaired) electrons. The van der Waals surface area contributed by atoms with Crippen molar-refractivity contribution in [3.05, 3.63) is 0 Å². The minimum absolute atomic E-state index is 0. The second-order valence-corrected chi connectivity index (χ2v) is 7.12. The third-order valence-electron chi connectivity index (χ3n) is 4.05. The predicted molar refractivity (Wildman–Crippen MR) is 89.4 cm³/mol. The van der Waals surface area contributed by atoms with Crippen LogP contribution in [0.15, 0.2) is 0 Å². The molecule has 0 saturated carbocycles. The van der Waals surface area contributed by atoms with E-state index in [-0.39, 0.29) is 24.0 Å². The van der Waals surface area contributed by atoms with Crippen LogP contribution in [0.5, 0.6) is 0 Å². The number of aliphatic hydroxyl groups is 1. The Balaban J connectivity index is 0. The van der Waals surface area contributed by atoms with Crippen molar-refractivity contribution in [2.75, 3.05) is 12.4 Å². The lowest BCUT2D eigenvalue weighted by atomic mass is 9.95. The second-order valence-electron chi connectivity index (χ2n) is 6.81. The Kier molecular flexibility index (Phi) is 17.4. The molecule has 21 heavy (non-hydrogen) atoms. The summed E-state index contributed by atoms with van der Waals surface area (Å²) >= 11 is 5.62. The number of rotatable bonds is 14. The molecule has 0 bridgehead atoms. The summed E-state index contributed by atoms with van der Waals surface area (Å²) in [6.07, 6.45) is 13.3. The Morgan fingerprint density at radius 2 is 1.43 bits per heavy atom. The van der Waals surface area contributed by atoms with Gasteiger partial charge in [-0.15, -0.1) is 11.6 Å². The number of aliphatic hydroxyl groups excluding tert-OH is 1. The van der Waals surface area contributed by atoms with Crippen molar-refractivity contribution in [2.24, 2.45) is 0 Å². The fourth-order valence-electron chi connectivity index (χ4n) is 2.51. The maximum Gasteiger partial charge on any atom is 0.116 e. The molecule has 0 aromatic carbocycles. The van der Waals surface area contributed by atoms with E-state index in [1.165, 1.54) is 64.2 Å². The molecule has 2 nitrogen and oxygen atoms in total. The average Bonchev–Trinajstić information content (AvgIpc) is 2.43. The average molecular weight is 342 g/mol. The number of hydrogen-bond donors (Lipinski definition) is 2. The molecule has 0 aromatic rings. The van der Waals surface area contributed by atoms with E-state index in [2.05, 4.69) is 26.1 Å². The Morgan fingerprint density at radius 3 is 1.90 bits per heavy atom. The van der Waals surface area contributed by atoms with E-state index in [1.54, 1.807) is 0 Å². The van der Waals surface area contributed by atoms with E-state index in [9.17, 15) is 5.11 Å². The van der Waals surface area contributed by atoms with Gasteiger partial charge in [0.05, 0.1) is 11.4 Å². The Bertz CT molecular complexity index is 213. The van der Waals surface area contributed by atoms with Gasteiger partial charge in [0.1, 0.15) is 12.6 Å². The van der Waals surface area contributed by atoms with Gasteiger partial charge in [-0.25, -0.2) is 0 Å². The first-order valence-electron chi connectivity index (χ1n) is 8.60. The maximum absolute atomic E-state index is 9.49. The lowest BCUT2D eigenvalue weighted by molar-refractivity contribution is -0.725. The third-order valence-corrected chi connectivity index (χ3v) is 4.40. The number of alkyl halides is 1. The summed E-state index contributed by atoms with van der Waals surface area (Å²) in [5.41, 5.74) is 0.230. The molecule has 0 saturated heterocycles. The number of nitrogens with two attached hydrogens (primary N) is 1. The van der Waals surface area contributed by atoms with E-state index in [1.807, 2.05) is 0 Å². The smallest absolute Gasteiger partial charge is 0.116 e. The summed E-state index contributed by atoms with van der Waals surface area (Å²) in [4.78, 5) is 0. The lowest BCUT2D eigenvalue weighted by Gasteiger charge is -2.24. The number of quaternary nitrogens is 1. The van der Waals surface area contributed by atoms with E-state index < -0.39 is 0 Å². The van der Waals surface area contributed by atoms with Gasteiger partial charge in [0.25, 0.3) is 0 Å². The van der Waals surface area contributed by atoms with Crippen LogP contribution in [0.2, 0.25) is 0 Å². The zero-order valence-electron chi connectivity index (χ0n) is 14.3. The van der Waals surface area contributed by atoms with Crippen LogP contribution in [-0.4, -0.2) is 29.2 Å². The normalized spacial score (nSPS) is 13.0. The molecule has 0 aliphatic rings. The van der Waals surface area contributed by atoms with Crippen LogP contribution in [0.1, 0.15) is 85.0 Å². The van der Waals surface area contributed by atoms with Crippen molar-refractivity contribution >= 4 is 11.6 Å². The zero-order chi connectivity index (χ0) is 15.3. The molecule has 0 aliphatic carbocycles. The van der Waals surface area contributed by atoms with Crippen LogP contribution >= 0.6 is 11.6 Å². The Labute approximate surface area is 143 Å². The van der Waals surface area contributed by atoms with Crippen molar-refractivity contribution < 1.29 is 22.8 Å². The van der Waals surface area contributed by atoms with Crippen molar-refractivity contribution in [3.63, 3.8) is 0 Å². The van der Waals surface area contributed by atoms with Gasteiger partial charge in [-0.3, -0.25) is 0 Å². The molecule has 3 N–H and O–H groups in total. The van der Waals surface area contributed by atoms with Crippen LogP contribution in [0, 0.1) is 0 Å². The topological polar surface area (TPSA) is 36.8 Å². The molecular formula is C17H37Cl2NO. The van der Waals surface area contributed by atoms with Crippen LogP contribution in [0.4, 0.5) is 0 Å². The van der Waals surface area contributed by atoms with Crippen molar-refractivity contribution in [1.82, 2.24) is 0 Å². The summed E-state index contributed by atoms with van der Waals surface area (Å²) in [5, 5.41) is 11.7. The monoisotopic (exact) mass is 341 g/mol. The SMILES string of the molecule is CCCCCCCCCCCC(C)(C)[NH2+]CC(O)CCl.[Cl-]. The Hall–Kier alpha value is 0.500. The second kappa shape index (κ2) is 15.4. The molecule has 0 aromatic heterocycles. The first-order chi connectivity index (χ1) is 9.52. The van der Waals surface area contributed by atoms with Crippen molar-refractivity contribution in [3.8, 4) is 0 Å². The van der Waals surface area contributed by atoms with E-state index >= 15 is 0 Å². The number of hydrogen-bond acceptors (Lipinski definition) is 1. The molecule has 0 rings (SSSR count). The summed E-state index contributed by atoms with van der Waals surface area (Å²) < 4.78 is 0. The van der Waals surface area contributed by atoms with Crippen LogP contribution in [-0.2, 0) is 0 Å². The van der Waals surface area contributed by atoms with Gasteiger partial charge in [0, 0.05) is 6.42 Å². The summed E-state index contributed by atoms with van der Waals surface area (Å²) in [7, 11) is 0. The molecule has 0 fully saturated rings. The first kappa shape index (κ1) is 23.8. The minimum atomic E-state index is -0.376.